The summed E-state index contributed by atoms with van der Waals surface area (Å²) in [6.45, 7) is 0. The van der Waals surface area contributed by atoms with E-state index >= 15 is 0 Å². The molecule has 1 atom stereocenters. The Balaban J connectivity index is 2.28. The van der Waals surface area contributed by atoms with Crippen LogP contribution in [0.15, 0.2) is 42.1 Å². The van der Waals surface area contributed by atoms with Crippen molar-refractivity contribution in [2.24, 2.45) is 5.16 Å². The Bertz CT molecular complexity index is 698. The first-order valence-corrected chi connectivity index (χ1v) is 7.33. The average molecular weight is 379 g/mol. The molecule has 0 aliphatic heterocycles. The van der Waals surface area contributed by atoms with Gasteiger partial charge >= 0.3 is 0 Å². The predicted octanol–water partition coefficient (Wildman–Crippen LogP) is 3.37. The summed E-state index contributed by atoms with van der Waals surface area (Å²) >= 11 is 17.9. The van der Waals surface area contributed by atoms with Crippen molar-refractivity contribution in [3.05, 3.63) is 52.6 Å². The molecule has 2 aromatic rings. The van der Waals surface area contributed by atoms with Gasteiger partial charge in [-0.25, -0.2) is 9.67 Å². The number of oxime groups is 1. The van der Waals surface area contributed by atoms with E-state index < -0.39 is 14.8 Å². The smallest absolute Gasteiger partial charge is 0.269 e. The molecule has 0 fully saturated rings. The Morgan fingerprint density at radius 3 is 2.48 bits per heavy atom. The number of nitrogens with zero attached hydrogens (tertiary/aromatic N) is 5. The van der Waals surface area contributed by atoms with Crippen molar-refractivity contribution < 1.29 is 10.1 Å². The van der Waals surface area contributed by atoms with Crippen molar-refractivity contribution in [3.8, 4) is 0 Å². The highest BCUT2D eigenvalue weighted by atomic mass is 35.6. The molecule has 0 radical (unpaired) electrons. The molecule has 1 heterocycles. The number of benzene rings is 1. The number of hydrogen-bond acceptors (Lipinski definition) is 6. The third kappa shape index (κ3) is 4.31. The lowest BCUT2D eigenvalue weighted by Gasteiger charge is -2.24. The van der Waals surface area contributed by atoms with Gasteiger partial charge in [-0.3, -0.25) is 10.1 Å². The van der Waals surface area contributed by atoms with Crippen molar-refractivity contribution in [2.45, 2.75) is 16.3 Å². The number of rotatable bonds is 5. The molecule has 0 bridgehead atoms. The second kappa shape index (κ2) is 7.12. The number of alkyl halides is 3. The molecule has 0 spiro atoms. The molecule has 1 N–H and O–H groups in total. The lowest BCUT2D eigenvalue weighted by Crippen LogP contribution is -2.27. The van der Waals surface area contributed by atoms with Gasteiger partial charge in [0.2, 0.25) is 3.79 Å². The first kappa shape index (κ1) is 17.5. The highest BCUT2D eigenvalue weighted by Crippen LogP contribution is 2.40. The maximum absolute atomic E-state index is 10.7. The van der Waals surface area contributed by atoms with E-state index in [0.717, 1.165) is 0 Å². The van der Waals surface area contributed by atoms with Gasteiger partial charge in [0.15, 0.2) is 0 Å². The zero-order valence-electron chi connectivity index (χ0n) is 11.4. The lowest BCUT2D eigenvalue weighted by molar-refractivity contribution is -0.384. The molecule has 11 heteroatoms. The minimum Gasteiger partial charge on any atom is -0.411 e. The summed E-state index contributed by atoms with van der Waals surface area (Å²) in [6, 6.07) is 4.70. The lowest BCUT2D eigenvalue weighted by atomic mass is 10.0. The summed E-state index contributed by atoms with van der Waals surface area (Å²) in [5.41, 5.74) is 0.560. The van der Waals surface area contributed by atoms with Crippen molar-refractivity contribution in [1.29, 1.82) is 0 Å². The van der Waals surface area contributed by atoms with Crippen LogP contribution in [0.5, 0.6) is 0 Å². The molecular weight excluding hydrogens is 369 g/mol. The molecule has 0 aliphatic carbocycles. The molecule has 8 nitrogen and oxygen atoms in total. The van der Waals surface area contributed by atoms with E-state index in [2.05, 4.69) is 15.2 Å². The van der Waals surface area contributed by atoms with E-state index in [4.69, 9.17) is 34.8 Å². The van der Waals surface area contributed by atoms with Crippen LogP contribution >= 0.6 is 34.8 Å². The highest BCUT2D eigenvalue weighted by molar-refractivity contribution is 6.68. The van der Waals surface area contributed by atoms with Gasteiger partial charge in [0.05, 0.1) is 10.6 Å². The summed E-state index contributed by atoms with van der Waals surface area (Å²) in [5.74, 6) is 0. The summed E-state index contributed by atoms with van der Waals surface area (Å²) in [6.07, 6.45) is 2.68. The van der Waals surface area contributed by atoms with Gasteiger partial charge in [-0.15, -0.1) is 0 Å². The maximum Gasteiger partial charge on any atom is 0.269 e. The van der Waals surface area contributed by atoms with Gasteiger partial charge in [-0.1, -0.05) is 40.0 Å². The second-order valence-electron chi connectivity index (χ2n) is 4.49. The van der Waals surface area contributed by atoms with Crippen LogP contribution in [0.2, 0.25) is 0 Å². The fourth-order valence-electron chi connectivity index (χ4n) is 1.91. The average Bonchev–Trinajstić information content (AvgIpc) is 3.01. The summed E-state index contributed by atoms with van der Waals surface area (Å²) in [4.78, 5) is 13.9. The molecule has 2 rings (SSSR count). The molecule has 1 aromatic heterocycles. The summed E-state index contributed by atoms with van der Waals surface area (Å²) in [7, 11) is 0. The molecule has 1 unspecified atom stereocenters. The largest absolute Gasteiger partial charge is 0.411 e. The minimum atomic E-state index is -1.73. The van der Waals surface area contributed by atoms with Gasteiger partial charge in [0.25, 0.3) is 5.69 Å². The van der Waals surface area contributed by atoms with Gasteiger partial charge in [0.1, 0.15) is 18.7 Å². The number of hydrogen-bond donors (Lipinski definition) is 1. The van der Waals surface area contributed by atoms with E-state index in [1.54, 1.807) is 0 Å². The quantitative estimate of drug-likeness (QED) is 0.282. The topological polar surface area (TPSA) is 106 Å². The van der Waals surface area contributed by atoms with E-state index in [1.807, 2.05) is 0 Å². The monoisotopic (exact) mass is 377 g/mol. The number of nitro benzene ring substituents is 1. The molecule has 0 saturated heterocycles. The molecule has 122 valence electrons. The predicted molar refractivity (Wildman–Crippen MR) is 85.4 cm³/mol. The first-order chi connectivity index (χ1) is 10.8. The SMILES string of the molecule is O=[N+]([O-])c1ccc(/C(CC(n2cncn2)C(Cl)(Cl)Cl)=N\O)cc1. The number of aromatic nitrogens is 3. The van der Waals surface area contributed by atoms with Crippen LogP contribution < -0.4 is 0 Å². The number of halogens is 3. The molecule has 1 aromatic carbocycles. The zero-order valence-corrected chi connectivity index (χ0v) is 13.7. The Labute approximate surface area is 145 Å². The fourth-order valence-corrected chi connectivity index (χ4v) is 2.44. The third-order valence-corrected chi connectivity index (χ3v) is 3.81. The minimum absolute atomic E-state index is 0.0220. The fraction of sp³-hybridized carbons (Fsp3) is 0.250. The van der Waals surface area contributed by atoms with Crippen molar-refractivity contribution in [3.63, 3.8) is 0 Å². The van der Waals surface area contributed by atoms with Crippen LogP contribution in [-0.4, -0.2) is 34.4 Å². The maximum atomic E-state index is 10.7. The second-order valence-corrected chi connectivity index (χ2v) is 6.86. The highest BCUT2D eigenvalue weighted by Gasteiger charge is 2.36. The summed E-state index contributed by atoms with van der Waals surface area (Å²) in [5, 5.41) is 27.1. The number of nitro groups is 1. The van der Waals surface area contributed by atoms with Crippen LogP contribution in [0.1, 0.15) is 18.0 Å². The molecular formula is C12H10Cl3N5O3. The normalized spacial score (nSPS) is 13.8. The van der Waals surface area contributed by atoms with Gasteiger partial charge < -0.3 is 5.21 Å². The van der Waals surface area contributed by atoms with Crippen molar-refractivity contribution in [2.75, 3.05) is 0 Å². The van der Waals surface area contributed by atoms with E-state index in [0.29, 0.717) is 5.56 Å². The molecule has 0 aliphatic rings. The van der Waals surface area contributed by atoms with Crippen molar-refractivity contribution in [1.82, 2.24) is 14.8 Å². The van der Waals surface area contributed by atoms with Crippen LogP contribution in [0.4, 0.5) is 5.69 Å². The van der Waals surface area contributed by atoms with Gasteiger partial charge in [-0.05, 0) is 17.7 Å². The Hall–Kier alpha value is -1.90. The van der Waals surface area contributed by atoms with E-state index in [9.17, 15) is 15.3 Å². The number of non-ortho nitro benzene ring substituents is 1. The van der Waals surface area contributed by atoms with Crippen LogP contribution in [0.25, 0.3) is 0 Å². The zero-order chi connectivity index (χ0) is 17.0. The third-order valence-electron chi connectivity index (χ3n) is 3.05. The first-order valence-electron chi connectivity index (χ1n) is 6.19. The Kier molecular flexibility index (Phi) is 5.40. The Morgan fingerprint density at radius 1 is 1.39 bits per heavy atom. The van der Waals surface area contributed by atoms with Gasteiger partial charge in [-0.2, -0.15) is 5.10 Å². The molecule has 0 saturated carbocycles. The van der Waals surface area contributed by atoms with Crippen LogP contribution in [-0.2, 0) is 0 Å². The van der Waals surface area contributed by atoms with E-state index in [-0.39, 0.29) is 17.8 Å². The standard InChI is InChI=1S/C12H10Cl3N5O3/c13-12(14,15)11(19-7-16-6-17-19)5-10(18-21)8-1-3-9(4-2-8)20(22)23/h1-4,6-7,11,21H,5H2/b18-10-. The van der Waals surface area contributed by atoms with Crippen LogP contribution in [0.3, 0.4) is 0 Å². The Morgan fingerprint density at radius 2 is 2.04 bits per heavy atom. The summed E-state index contributed by atoms with van der Waals surface area (Å²) < 4.78 is -0.395. The van der Waals surface area contributed by atoms with Crippen LogP contribution in [0, 0.1) is 10.1 Å². The van der Waals surface area contributed by atoms with Crippen molar-refractivity contribution >= 4 is 46.2 Å². The van der Waals surface area contributed by atoms with E-state index in [1.165, 1.54) is 41.6 Å². The molecule has 23 heavy (non-hydrogen) atoms. The molecule has 0 amide bonds. The van der Waals surface area contributed by atoms with Gasteiger partial charge in [0, 0.05) is 18.6 Å².